The SMILES string of the molecule is [C-]#[N+]/C(C#N)=c1\cc/c(=C(/C#N)c2c(F)c(F)c([N+]#[C-])c(F)c2F)c(-c2cc(C(F)(F)F)cc(C(F)(F)F)c2)c1. The van der Waals surface area contributed by atoms with Crippen LogP contribution >= 0.6 is 0 Å². The molecule has 0 amide bonds. The summed E-state index contributed by atoms with van der Waals surface area (Å²) in [7, 11) is 0. The molecule has 3 aromatic rings. The topological polar surface area (TPSA) is 56.3 Å². The third kappa shape index (κ3) is 5.16. The second-order valence-corrected chi connectivity index (χ2v) is 7.71. The summed E-state index contributed by atoms with van der Waals surface area (Å²) in [5, 5.41) is 17.7. The number of nitriles is 2. The van der Waals surface area contributed by atoms with E-state index in [9.17, 15) is 49.2 Å². The van der Waals surface area contributed by atoms with Gasteiger partial charge in [-0.2, -0.15) is 31.6 Å². The van der Waals surface area contributed by atoms with E-state index >= 15 is 0 Å². The maximum atomic E-state index is 14.8. The molecule has 0 heterocycles. The van der Waals surface area contributed by atoms with Crippen molar-refractivity contribution in [1.29, 1.82) is 10.5 Å². The van der Waals surface area contributed by atoms with Crippen molar-refractivity contribution in [3.63, 3.8) is 0 Å². The maximum Gasteiger partial charge on any atom is 0.416 e. The number of alkyl halides is 6. The van der Waals surface area contributed by atoms with Crippen molar-refractivity contribution in [2.45, 2.75) is 12.4 Å². The standard InChI is InChI=1S/C26H6F10N4/c1-39-18(10-38)11-3-4-15(17(9-37)19-20(27)22(29)24(40-2)23(30)21(19)28)16(7-11)12-5-13(25(31,32)33)8-14(6-12)26(34,35)36/h3-8H/b17-15+,18-11+. The molecule has 14 heteroatoms. The minimum absolute atomic E-state index is 0.201. The fourth-order valence-corrected chi connectivity index (χ4v) is 3.60. The van der Waals surface area contributed by atoms with Crippen LogP contribution in [0.2, 0.25) is 0 Å². The van der Waals surface area contributed by atoms with Crippen molar-refractivity contribution >= 4 is 17.0 Å². The molecule has 0 bridgehead atoms. The minimum Gasteiger partial charge on any atom is -0.232 e. The number of rotatable bonds is 2. The Morgan fingerprint density at radius 3 is 1.65 bits per heavy atom. The first-order valence-corrected chi connectivity index (χ1v) is 10.2. The quantitative estimate of drug-likeness (QED) is 0.196. The first-order chi connectivity index (χ1) is 18.6. The average molecular weight is 564 g/mol. The van der Waals surface area contributed by atoms with Gasteiger partial charge in [-0.25, -0.2) is 32.5 Å². The highest BCUT2D eigenvalue weighted by molar-refractivity contribution is 5.83. The van der Waals surface area contributed by atoms with E-state index in [4.69, 9.17) is 18.4 Å². The Hall–Kier alpha value is -5.34. The van der Waals surface area contributed by atoms with E-state index in [1.54, 1.807) is 0 Å². The Morgan fingerprint density at radius 1 is 0.725 bits per heavy atom. The van der Waals surface area contributed by atoms with Crippen molar-refractivity contribution in [3.8, 4) is 23.3 Å². The smallest absolute Gasteiger partial charge is 0.232 e. The molecular weight excluding hydrogens is 558 g/mol. The average Bonchev–Trinajstić information content (AvgIpc) is 2.90. The summed E-state index contributed by atoms with van der Waals surface area (Å²) in [6.07, 6.45) is -10.7. The second-order valence-electron chi connectivity index (χ2n) is 7.71. The van der Waals surface area contributed by atoms with E-state index in [0.717, 1.165) is 12.1 Å². The van der Waals surface area contributed by atoms with Crippen molar-refractivity contribution in [2.75, 3.05) is 0 Å². The molecule has 0 saturated carbocycles. The van der Waals surface area contributed by atoms with Gasteiger partial charge in [0.05, 0.1) is 41.5 Å². The lowest BCUT2D eigenvalue weighted by Crippen LogP contribution is -2.19. The Labute approximate surface area is 217 Å². The van der Waals surface area contributed by atoms with Crippen molar-refractivity contribution in [1.82, 2.24) is 0 Å². The minimum atomic E-state index is -5.34. The van der Waals surface area contributed by atoms with Crippen LogP contribution in [0.25, 0.3) is 32.1 Å². The van der Waals surface area contributed by atoms with Crippen LogP contribution in [0.1, 0.15) is 16.7 Å². The normalized spacial score (nSPS) is 12.9. The molecule has 0 aliphatic carbocycles. The van der Waals surface area contributed by atoms with Gasteiger partial charge >= 0.3 is 12.4 Å². The monoisotopic (exact) mass is 564 g/mol. The van der Waals surface area contributed by atoms with E-state index in [2.05, 4.69) is 9.69 Å². The molecule has 0 unspecified atom stereocenters. The van der Waals surface area contributed by atoms with Gasteiger partial charge in [-0.3, -0.25) is 0 Å². The maximum absolute atomic E-state index is 14.8. The van der Waals surface area contributed by atoms with Crippen molar-refractivity contribution in [3.05, 3.63) is 110 Å². The zero-order valence-corrected chi connectivity index (χ0v) is 19.0. The molecule has 0 spiro atoms. The Balaban J connectivity index is 2.70. The molecule has 3 aromatic carbocycles. The van der Waals surface area contributed by atoms with Crippen LogP contribution < -0.4 is 10.4 Å². The molecule has 3 rings (SSSR count). The van der Waals surface area contributed by atoms with Crippen LogP contribution in [-0.4, -0.2) is 0 Å². The van der Waals surface area contributed by atoms with Crippen LogP contribution in [0.4, 0.5) is 49.6 Å². The van der Waals surface area contributed by atoms with Crippen molar-refractivity contribution in [2.24, 2.45) is 0 Å². The van der Waals surface area contributed by atoms with Crippen LogP contribution in [0.15, 0.2) is 36.4 Å². The van der Waals surface area contributed by atoms with Gasteiger partial charge < -0.3 is 0 Å². The Kier molecular flexibility index (Phi) is 7.62. The number of halogens is 10. The van der Waals surface area contributed by atoms with Gasteiger partial charge in [-0.15, -0.1) is 0 Å². The second kappa shape index (κ2) is 10.4. The number of hydrogen-bond acceptors (Lipinski definition) is 2. The molecule has 0 aliphatic rings. The number of nitrogens with zero attached hydrogens (tertiary/aromatic N) is 4. The first-order valence-electron chi connectivity index (χ1n) is 10.2. The predicted octanol–water partition coefficient (Wildman–Crippen LogP) is 6.77. The Morgan fingerprint density at radius 2 is 1.25 bits per heavy atom. The van der Waals surface area contributed by atoms with Gasteiger partial charge in [0.25, 0.3) is 11.4 Å². The highest BCUT2D eigenvalue weighted by atomic mass is 19.4. The predicted molar refractivity (Wildman–Crippen MR) is 117 cm³/mol. The van der Waals surface area contributed by atoms with Gasteiger partial charge in [0.1, 0.15) is 6.07 Å². The highest BCUT2D eigenvalue weighted by Gasteiger charge is 2.37. The van der Waals surface area contributed by atoms with Gasteiger partial charge in [0, 0.05) is 5.22 Å². The summed E-state index contributed by atoms with van der Waals surface area (Å²) < 4.78 is 139. The molecule has 0 aliphatic heterocycles. The molecule has 0 radical (unpaired) electrons. The van der Waals surface area contributed by atoms with Crippen LogP contribution in [0, 0.1) is 59.1 Å². The lowest BCUT2D eigenvalue weighted by atomic mass is 9.93. The third-order valence-electron chi connectivity index (χ3n) is 5.39. The molecule has 40 heavy (non-hydrogen) atoms. The number of benzene rings is 3. The Bertz CT molecular complexity index is 1780. The van der Waals surface area contributed by atoms with E-state index in [1.807, 2.05) is 0 Å². The van der Waals surface area contributed by atoms with E-state index in [-0.39, 0.29) is 23.4 Å². The van der Waals surface area contributed by atoms with E-state index < -0.39 is 85.6 Å². The largest absolute Gasteiger partial charge is 0.416 e. The lowest BCUT2D eigenvalue weighted by molar-refractivity contribution is -0.143. The van der Waals surface area contributed by atoms with Crippen LogP contribution in [0.5, 0.6) is 0 Å². The molecule has 200 valence electrons. The molecule has 0 N–H and O–H groups in total. The van der Waals surface area contributed by atoms with E-state index in [1.165, 1.54) is 12.1 Å². The fraction of sp³-hybridized carbons (Fsp3) is 0.0769. The summed E-state index contributed by atoms with van der Waals surface area (Å²) >= 11 is 0. The third-order valence-corrected chi connectivity index (χ3v) is 5.39. The zero-order valence-electron chi connectivity index (χ0n) is 19.0. The van der Waals surface area contributed by atoms with Gasteiger partial charge in [0.2, 0.25) is 0 Å². The highest BCUT2D eigenvalue weighted by Crippen LogP contribution is 2.39. The molecular formula is C26H6F10N4. The summed E-state index contributed by atoms with van der Waals surface area (Å²) in [5.41, 5.74) is -10.7. The molecule has 0 atom stereocenters. The van der Waals surface area contributed by atoms with Crippen molar-refractivity contribution < 1.29 is 43.9 Å². The van der Waals surface area contributed by atoms with Gasteiger partial charge in [-0.05, 0) is 34.5 Å². The lowest BCUT2D eigenvalue weighted by Gasteiger charge is -2.15. The molecule has 0 aromatic heterocycles. The molecule has 0 fully saturated rings. The summed E-state index contributed by atoms with van der Waals surface area (Å²) in [6.45, 7) is 13.8. The zero-order chi connectivity index (χ0) is 30.2. The molecule has 4 nitrogen and oxygen atoms in total. The van der Waals surface area contributed by atoms with Crippen LogP contribution in [0.3, 0.4) is 0 Å². The first kappa shape index (κ1) is 29.2. The molecule has 0 saturated heterocycles. The van der Waals surface area contributed by atoms with Gasteiger partial charge in [-0.1, -0.05) is 18.2 Å². The fourth-order valence-electron chi connectivity index (χ4n) is 3.60. The summed E-state index contributed by atoms with van der Waals surface area (Å²) in [5.74, 6) is -8.88. The number of hydrogen-bond donors (Lipinski definition) is 0. The van der Waals surface area contributed by atoms with Crippen LogP contribution in [-0.2, 0) is 12.4 Å². The summed E-state index contributed by atoms with van der Waals surface area (Å²) in [4.78, 5) is 5.20. The van der Waals surface area contributed by atoms with Gasteiger partial charge in [0.15, 0.2) is 23.3 Å². The summed E-state index contributed by atoms with van der Waals surface area (Å²) in [6, 6.07) is 5.15. The van der Waals surface area contributed by atoms with E-state index in [0.29, 0.717) is 6.07 Å².